The molecule has 2 aromatic carbocycles. The second kappa shape index (κ2) is 10.1. The molecule has 12 heteroatoms. The molecule has 4 rings (SSSR count). The number of benzene rings is 2. The largest absolute Gasteiger partial charge is 0.326 e. The van der Waals surface area contributed by atoms with Crippen LogP contribution in [0.1, 0.15) is 5.69 Å². The standard InChI is InChI=1S/C20H16FN7O2S2/c21-13-1-3-14(4-2-13)24-19(30)11-32-20-25-16(10-31-20)9-18(29)23-15-5-7-17(8-6-15)28-12-22-26-27-28/h1-8,10,12H,9,11H2,(H,23,29)(H,24,30). The minimum absolute atomic E-state index is 0.119. The Labute approximate surface area is 190 Å². The van der Waals surface area contributed by atoms with Crippen molar-refractivity contribution in [2.45, 2.75) is 10.8 Å². The van der Waals surface area contributed by atoms with Gasteiger partial charge in [0.1, 0.15) is 12.1 Å². The van der Waals surface area contributed by atoms with Crippen LogP contribution < -0.4 is 10.6 Å². The van der Waals surface area contributed by atoms with E-state index in [1.54, 1.807) is 29.6 Å². The van der Waals surface area contributed by atoms with Crippen LogP contribution in [0.5, 0.6) is 0 Å². The molecule has 162 valence electrons. The Hall–Kier alpha value is -3.64. The monoisotopic (exact) mass is 469 g/mol. The third kappa shape index (κ3) is 5.95. The van der Waals surface area contributed by atoms with Gasteiger partial charge in [0.05, 0.1) is 23.6 Å². The highest BCUT2D eigenvalue weighted by molar-refractivity contribution is 8.01. The third-order valence-corrected chi connectivity index (χ3v) is 6.16. The number of thiazole rings is 1. The van der Waals surface area contributed by atoms with Crippen molar-refractivity contribution in [3.8, 4) is 5.69 Å². The van der Waals surface area contributed by atoms with Gasteiger partial charge < -0.3 is 10.6 Å². The molecule has 2 aromatic heterocycles. The summed E-state index contributed by atoms with van der Waals surface area (Å²) in [5.74, 6) is -0.625. The maximum Gasteiger partial charge on any atom is 0.234 e. The SMILES string of the molecule is O=C(CSc1nc(CC(=O)Nc2ccc(-n3cnnn3)cc2)cs1)Nc1ccc(F)cc1. The van der Waals surface area contributed by atoms with Gasteiger partial charge in [-0.25, -0.2) is 14.1 Å². The van der Waals surface area contributed by atoms with Gasteiger partial charge in [-0.2, -0.15) is 0 Å². The lowest BCUT2D eigenvalue weighted by Gasteiger charge is -2.05. The van der Waals surface area contributed by atoms with Crippen molar-refractivity contribution < 1.29 is 14.0 Å². The number of aromatic nitrogens is 5. The summed E-state index contributed by atoms with van der Waals surface area (Å²) >= 11 is 2.64. The Kier molecular flexibility index (Phi) is 6.82. The lowest BCUT2D eigenvalue weighted by Crippen LogP contribution is -2.15. The van der Waals surface area contributed by atoms with Crippen LogP contribution in [0.25, 0.3) is 5.69 Å². The van der Waals surface area contributed by atoms with E-state index in [1.807, 2.05) is 0 Å². The van der Waals surface area contributed by atoms with Gasteiger partial charge in [-0.1, -0.05) is 11.8 Å². The summed E-state index contributed by atoms with van der Waals surface area (Å²) in [5.41, 5.74) is 2.57. The minimum atomic E-state index is -0.363. The van der Waals surface area contributed by atoms with E-state index in [2.05, 4.69) is 31.1 Å². The van der Waals surface area contributed by atoms with E-state index in [4.69, 9.17) is 0 Å². The zero-order chi connectivity index (χ0) is 22.3. The molecule has 0 fully saturated rings. The first-order chi connectivity index (χ1) is 15.5. The number of rotatable bonds is 8. The van der Waals surface area contributed by atoms with Gasteiger partial charge in [-0.15, -0.1) is 16.4 Å². The molecule has 2 N–H and O–H groups in total. The van der Waals surface area contributed by atoms with Crippen molar-refractivity contribution in [3.05, 3.63) is 71.7 Å². The summed E-state index contributed by atoms with van der Waals surface area (Å²) < 4.78 is 15.1. The Morgan fingerprint density at radius 3 is 2.38 bits per heavy atom. The molecular formula is C20H16FN7O2S2. The Bertz CT molecular complexity index is 1200. The highest BCUT2D eigenvalue weighted by Gasteiger charge is 2.11. The van der Waals surface area contributed by atoms with Crippen molar-refractivity contribution in [3.63, 3.8) is 0 Å². The average Bonchev–Trinajstić information content (AvgIpc) is 3.47. The quantitative estimate of drug-likeness (QED) is 0.381. The lowest BCUT2D eigenvalue weighted by atomic mass is 10.2. The van der Waals surface area contributed by atoms with Gasteiger partial charge in [0.25, 0.3) is 0 Å². The molecule has 4 aromatic rings. The number of thioether (sulfide) groups is 1. The van der Waals surface area contributed by atoms with E-state index in [-0.39, 0.29) is 29.8 Å². The van der Waals surface area contributed by atoms with Crippen LogP contribution in [0.4, 0.5) is 15.8 Å². The number of nitrogens with zero attached hydrogens (tertiary/aromatic N) is 5. The Balaban J connectivity index is 1.24. The fourth-order valence-electron chi connectivity index (χ4n) is 2.64. The van der Waals surface area contributed by atoms with Crippen LogP contribution in [0.2, 0.25) is 0 Å². The lowest BCUT2D eigenvalue weighted by molar-refractivity contribution is -0.116. The maximum absolute atomic E-state index is 12.9. The fourth-order valence-corrected chi connectivity index (χ4v) is 4.28. The van der Waals surface area contributed by atoms with Crippen LogP contribution in [-0.4, -0.2) is 42.8 Å². The Morgan fingerprint density at radius 1 is 1.00 bits per heavy atom. The second-order valence-corrected chi connectivity index (χ2v) is 8.56. The van der Waals surface area contributed by atoms with Gasteiger partial charge in [0, 0.05) is 16.8 Å². The van der Waals surface area contributed by atoms with Gasteiger partial charge in [0.15, 0.2) is 4.34 Å². The molecule has 2 heterocycles. The molecule has 32 heavy (non-hydrogen) atoms. The highest BCUT2D eigenvalue weighted by atomic mass is 32.2. The van der Waals surface area contributed by atoms with Crippen molar-refractivity contribution in [2.75, 3.05) is 16.4 Å². The third-order valence-electron chi connectivity index (χ3n) is 4.09. The number of nitrogens with one attached hydrogen (secondary N) is 2. The predicted molar refractivity (Wildman–Crippen MR) is 119 cm³/mol. The molecule has 0 radical (unpaired) electrons. The molecule has 0 saturated carbocycles. The van der Waals surface area contributed by atoms with E-state index in [9.17, 15) is 14.0 Å². The summed E-state index contributed by atoms with van der Waals surface area (Å²) in [7, 11) is 0. The van der Waals surface area contributed by atoms with E-state index >= 15 is 0 Å². The number of carbonyl (C=O) groups excluding carboxylic acids is 2. The summed E-state index contributed by atoms with van der Waals surface area (Å²) in [6, 6.07) is 12.7. The number of amides is 2. The predicted octanol–water partition coefficient (Wildman–Crippen LogP) is 3.17. The minimum Gasteiger partial charge on any atom is -0.326 e. The number of hydrogen-bond acceptors (Lipinski definition) is 8. The van der Waals surface area contributed by atoms with Crippen LogP contribution >= 0.6 is 23.1 Å². The molecular weight excluding hydrogens is 453 g/mol. The maximum atomic E-state index is 12.9. The van der Waals surface area contributed by atoms with Crippen LogP contribution in [0.15, 0.2) is 64.6 Å². The van der Waals surface area contributed by atoms with E-state index < -0.39 is 0 Å². The normalized spacial score (nSPS) is 10.7. The van der Waals surface area contributed by atoms with Gasteiger partial charge in [-0.05, 0) is 59.0 Å². The van der Waals surface area contributed by atoms with E-state index in [1.165, 1.54) is 58.4 Å². The first-order valence-corrected chi connectivity index (χ1v) is 11.2. The fraction of sp³-hybridized carbons (Fsp3) is 0.100. The van der Waals surface area contributed by atoms with Crippen LogP contribution in [0.3, 0.4) is 0 Å². The molecule has 0 aliphatic heterocycles. The van der Waals surface area contributed by atoms with E-state index in [0.29, 0.717) is 21.4 Å². The van der Waals surface area contributed by atoms with E-state index in [0.717, 1.165) is 5.69 Å². The van der Waals surface area contributed by atoms with Crippen molar-refractivity contribution in [2.24, 2.45) is 0 Å². The molecule has 9 nitrogen and oxygen atoms in total. The smallest absolute Gasteiger partial charge is 0.234 e. The van der Waals surface area contributed by atoms with Crippen molar-refractivity contribution in [1.82, 2.24) is 25.2 Å². The number of tetrazole rings is 1. The van der Waals surface area contributed by atoms with Crippen LogP contribution in [-0.2, 0) is 16.0 Å². The Morgan fingerprint density at radius 2 is 1.69 bits per heavy atom. The number of carbonyl (C=O) groups is 2. The summed E-state index contributed by atoms with van der Waals surface area (Å²) in [5, 5.41) is 18.3. The van der Waals surface area contributed by atoms with Gasteiger partial charge >= 0.3 is 0 Å². The summed E-state index contributed by atoms with van der Waals surface area (Å²) in [6.45, 7) is 0. The highest BCUT2D eigenvalue weighted by Crippen LogP contribution is 2.23. The van der Waals surface area contributed by atoms with Gasteiger partial charge in [-0.3, -0.25) is 9.59 Å². The molecule has 0 aliphatic rings. The number of anilines is 2. The molecule has 0 aliphatic carbocycles. The van der Waals surface area contributed by atoms with Crippen LogP contribution in [0, 0.1) is 5.82 Å². The molecule has 0 saturated heterocycles. The molecule has 2 amide bonds. The zero-order valence-corrected chi connectivity index (χ0v) is 18.1. The summed E-state index contributed by atoms with van der Waals surface area (Å²) in [4.78, 5) is 28.7. The first kappa shape index (κ1) is 21.6. The molecule has 0 atom stereocenters. The molecule has 0 spiro atoms. The first-order valence-electron chi connectivity index (χ1n) is 9.31. The average molecular weight is 470 g/mol. The zero-order valence-electron chi connectivity index (χ0n) is 16.4. The van der Waals surface area contributed by atoms with Gasteiger partial charge in [0.2, 0.25) is 11.8 Å². The number of hydrogen-bond donors (Lipinski definition) is 2. The summed E-state index contributed by atoms with van der Waals surface area (Å²) in [6.07, 6.45) is 1.60. The van der Waals surface area contributed by atoms with Crippen molar-refractivity contribution >= 4 is 46.3 Å². The number of halogens is 1. The molecule has 0 unspecified atom stereocenters. The topological polar surface area (TPSA) is 115 Å². The molecule has 0 bridgehead atoms. The second-order valence-electron chi connectivity index (χ2n) is 6.47. The van der Waals surface area contributed by atoms with Crippen molar-refractivity contribution in [1.29, 1.82) is 0 Å².